The van der Waals surface area contributed by atoms with E-state index in [-0.39, 0.29) is 0 Å². The summed E-state index contributed by atoms with van der Waals surface area (Å²) in [5.74, 6) is 1.73. The van der Waals surface area contributed by atoms with Crippen LogP contribution in [0.4, 0.5) is 0 Å². The standard InChI is InChI=1S/C22H29N3O/c1-4-18-6-5-7-19(10-18)12-25-13-20-8-9-21(25)14-24(11-20)15-22-16(2)23-26-17(22)3/h4-7,10,20-21H,1,8-9,11-15H2,2-3H3/t20-,21+/m0/s1. The Kier molecular flexibility index (Phi) is 4.96. The number of aryl methyl sites for hydroxylation is 2. The summed E-state index contributed by atoms with van der Waals surface area (Å²) in [7, 11) is 0. The SMILES string of the molecule is C=Cc1cccc(CN2C[C@H]3CC[C@@H]2CN(Cc2c(C)noc2C)C3)c1. The average Bonchev–Trinajstić information content (AvgIpc) is 2.82. The van der Waals surface area contributed by atoms with E-state index >= 15 is 0 Å². The highest BCUT2D eigenvalue weighted by atomic mass is 16.5. The van der Waals surface area contributed by atoms with E-state index in [1.807, 2.05) is 13.0 Å². The van der Waals surface area contributed by atoms with Crippen molar-refractivity contribution in [3.05, 3.63) is 59.0 Å². The van der Waals surface area contributed by atoms with E-state index in [0.717, 1.165) is 37.0 Å². The van der Waals surface area contributed by atoms with Crippen molar-refractivity contribution in [1.29, 1.82) is 0 Å². The maximum absolute atomic E-state index is 5.36. The van der Waals surface area contributed by atoms with Gasteiger partial charge in [0.1, 0.15) is 5.76 Å². The maximum atomic E-state index is 5.36. The Hall–Kier alpha value is -1.91. The molecular formula is C22H29N3O. The molecule has 2 atom stereocenters. The Labute approximate surface area is 156 Å². The monoisotopic (exact) mass is 351 g/mol. The van der Waals surface area contributed by atoms with Crippen molar-refractivity contribution in [1.82, 2.24) is 15.0 Å². The predicted molar refractivity (Wildman–Crippen MR) is 105 cm³/mol. The first-order valence-corrected chi connectivity index (χ1v) is 9.72. The second-order valence-corrected chi connectivity index (χ2v) is 7.97. The molecule has 2 aromatic rings. The number of piperidine rings is 1. The summed E-state index contributed by atoms with van der Waals surface area (Å²) in [5, 5.41) is 4.13. The van der Waals surface area contributed by atoms with Gasteiger partial charge in [-0.25, -0.2) is 0 Å². The van der Waals surface area contributed by atoms with Gasteiger partial charge in [0.25, 0.3) is 0 Å². The fourth-order valence-electron chi connectivity index (χ4n) is 4.60. The van der Waals surface area contributed by atoms with Crippen LogP contribution in [-0.2, 0) is 13.1 Å². The summed E-state index contributed by atoms with van der Waals surface area (Å²) in [5.41, 5.74) is 4.92. The normalized spacial score (nSPS) is 23.9. The number of nitrogens with zero attached hydrogens (tertiary/aromatic N) is 3. The van der Waals surface area contributed by atoms with Crippen molar-refractivity contribution in [3.63, 3.8) is 0 Å². The molecule has 4 heterocycles. The van der Waals surface area contributed by atoms with Crippen molar-refractivity contribution in [2.75, 3.05) is 19.6 Å². The third-order valence-corrected chi connectivity index (χ3v) is 6.04. The first-order chi connectivity index (χ1) is 12.6. The third kappa shape index (κ3) is 3.62. The van der Waals surface area contributed by atoms with Gasteiger partial charge in [0.05, 0.1) is 5.69 Å². The van der Waals surface area contributed by atoms with E-state index in [4.69, 9.17) is 4.52 Å². The molecule has 0 N–H and O–H groups in total. The van der Waals surface area contributed by atoms with Crippen molar-refractivity contribution < 1.29 is 4.52 Å². The van der Waals surface area contributed by atoms with Gasteiger partial charge in [-0.3, -0.25) is 9.80 Å². The minimum absolute atomic E-state index is 0.640. The molecule has 0 spiro atoms. The molecule has 0 unspecified atom stereocenters. The second-order valence-electron chi connectivity index (χ2n) is 7.97. The van der Waals surface area contributed by atoms with E-state index in [9.17, 15) is 0 Å². The summed E-state index contributed by atoms with van der Waals surface area (Å²) in [6.45, 7) is 13.5. The van der Waals surface area contributed by atoms with Gasteiger partial charge in [0.15, 0.2) is 0 Å². The summed E-state index contributed by atoms with van der Waals surface area (Å²) in [6, 6.07) is 9.42. The first kappa shape index (κ1) is 17.5. The molecule has 5 rings (SSSR count). The molecule has 3 aliphatic heterocycles. The number of hydrogen-bond acceptors (Lipinski definition) is 4. The highest BCUT2D eigenvalue weighted by Gasteiger charge is 2.35. The van der Waals surface area contributed by atoms with Crippen LogP contribution < -0.4 is 0 Å². The van der Waals surface area contributed by atoms with E-state index in [1.54, 1.807) is 0 Å². The quantitative estimate of drug-likeness (QED) is 0.814. The van der Waals surface area contributed by atoms with Crippen molar-refractivity contribution in [2.24, 2.45) is 5.92 Å². The number of fused-ring (bicyclic) bond motifs is 4. The average molecular weight is 351 g/mol. The minimum atomic E-state index is 0.640. The molecule has 138 valence electrons. The number of hydrogen-bond donors (Lipinski definition) is 0. The van der Waals surface area contributed by atoms with Crippen LogP contribution in [0.1, 0.15) is 41.0 Å². The van der Waals surface area contributed by atoms with Crippen molar-refractivity contribution >= 4 is 6.08 Å². The van der Waals surface area contributed by atoms with Gasteiger partial charge in [0.2, 0.25) is 0 Å². The van der Waals surface area contributed by atoms with Crippen LogP contribution in [0.3, 0.4) is 0 Å². The Bertz CT molecular complexity index is 762. The predicted octanol–water partition coefficient (Wildman–Crippen LogP) is 4.03. The smallest absolute Gasteiger partial charge is 0.138 e. The molecule has 0 radical (unpaired) electrons. The summed E-state index contributed by atoms with van der Waals surface area (Å²) >= 11 is 0. The Morgan fingerprint density at radius 1 is 1.19 bits per heavy atom. The zero-order valence-corrected chi connectivity index (χ0v) is 15.9. The summed E-state index contributed by atoms with van der Waals surface area (Å²) in [4.78, 5) is 5.32. The zero-order valence-electron chi connectivity index (χ0n) is 15.9. The molecule has 3 aliphatic rings. The summed E-state index contributed by atoms with van der Waals surface area (Å²) in [6.07, 6.45) is 4.60. The van der Waals surface area contributed by atoms with Crippen LogP contribution in [0.5, 0.6) is 0 Å². The van der Waals surface area contributed by atoms with Gasteiger partial charge in [0, 0.05) is 44.3 Å². The van der Waals surface area contributed by atoms with Gasteiger partial charge < -0.3 is 4.52 Å². The molecule has 2 bridgehead atoms. The highest BCUT2D eigenvalue weighted by Crippen LogP contribution is 2.30. The third-order valence-electron chi connectivity index (χ3n) is 6.04. The lowest BCUT2D eigenvalue weighted by molar-refractivity contribution is 0.123. The Balaban J connectivity index is 1.47. The molecule has 1 aromatic carbocycles. The van der Waals surface area contributed by atoms with Gasteiger partial charge >= 0.3 is 0 Å². The molecule has 0 aliphatic carbocycles. The Morgan fingerprint density at radius 3 is 2.85 bits per heavy atom. The van der Waals surface area contributed by atoms with Gasteiger partial charge in [-0.05, 0) is 43.7 Å². The molecule has 4 heteroatoms. The Morgan fingerprint density at radius 2 is 2.08 bits per heavy atom. The topological polar surface area (TPSA) is 32.5 Å². The van der Waals surface area contributed by atoms with Crippen molar-refractivity contribution in [2.45, 2.75) is 45.8 Å². The van der Waals surface area contributed by atoms with E-state index in [0.29, 0.717) is 6.04 Å². The molecule has 3 saturated heterocycles. The highest BCUT2D eigenvalue weighted by molar-refractivity contribution is 5.47. The number of aromatic nitrogens is 1. The van der Waals surface area contributed by atoms with Crippen LogP contribution >= 0.6 is 0 Å². The molecule has 4 nitrogen and oxygen atoms in total. The van der Waals surface area contributed by atoms with E-state index < -0.39 is 0 Å². The number of rotatable bonds is 5. The molecule has 26 heavy (non-hydrogen) atoms. The second kappa shape index (κ2) is 7.37. The van der Waals surface area contributed by atoms with Crippen molar-refractivity contribution in [3.8, 4) is 0 Å². The van der Waals surface area contributed by atoms with E-state index in [2.05, 4.69) is 52.7 Å². The molecular weight excluding hydrogens is 322 g/mol. The molecule has 1 aromatic heterocycles. The van der Waals surface area contributed by atoms with E-state index in [1.165, 1.54) is 42.6 Å². The minimum Gasteiger partial charge on any atom is -0.361 e. The van der Waals surface area contributed by atoms with Crippen LogP contribution in [0.15, 0.2) is 35.4 Å². The largest absolute Gasteiger partial charge is 0.361 e. The molecule has 0 saturated carbocycles. The van der Waals surface area contributed by atoms with Crippen LogP contribution in [0, 0.1) is 19.8 Å². The molecule has 3 fully saturated rings. The first-order valence-electron chi connectivity index (χ1n) is 9.72. The zero-order chi connectivity index (χ0) is 18.1. The van der Waals surface area contributed by atoms with Crippen LogP contribution in [0.2, 0.25) is 0 Å². The lowest BCUT2D eigenvalue weighted by Crippen LogP contribution is -2.43. The van der Waals surface area contributed by atoms with Crippen LogP contribution in [0.25, 0.3) is 6.08 Å². The van der Waals surface area contributed by atoms with Gasteiger partial charge in [-0.2, -0.15) is 0 Å². The van der Waals surface area contributed by atoms with Gasteiger partial charge in [-0.1, -0.05) is 42.1 Å². The number of benzene rings is 1. The lowest BCUT2D eigenvalue weighted by atomic mass is 9.94. The fourth-order valence-corrected chi connectivity index (χ4v) is 4.60. The maximum Gasteiger partial charge on any atom is 0.138 e. The van der Waals surface area contributed by atoms with Gasteiger partial charge in [-0.15, -0.1) is 0 Å². The fraction of sp³-hybridized carbons (Fsp3) is 0.500. The molecule has 0 amide bonds. The van der Waals surface area contributed by atoms with Crippen LogP contribution in [-0.4, -0.2) is 40.6 Å². The summed E-state index contributed by atoms with van der Waals surface area (Å²) < 4.78 is 5.36. The lowest BCUT2D eigenvalue weighted by Gasteiger charge is -2.36.